The first-order chi connectivity index (χ1) is 15.9. The van der Waals surface area contributed by atoms with E-state index in [1.54, 1.807) is 13.2 Å². The molecule has 0 aliphatic rings. The Morgan fingerprint density at radius 2 is 1.88 bits per heavy atom. The number of aromatic nitrogens is 5. The van der Waals surface area contributed by atoms with Crippen LogP contribution in [-0.2, 0) is 0 Å². The molecule has 1 aromatic carbocycles. The van der Waals surface area contributed by atoms with Crippen LogP contribution in [-0.4, -0.2) is 44.0 Å². The third kappa shape index (κ3) is 4.61. The number of ether oxygens (including phenoxy) is 1. The molecule has 0 saturated carbocycles. The second-order valence-electron chi connectivity index (χ2n) is 8.10. The lowest BCUT2D eigenvalue weighted by molar-refractivity contribution is 0.0979. The van der Waals surface area contributed by atoms with Crippen LogP contribution in [0.1, 0.15) is 53.1 Å². The number of hydrogen-bond donors (Lipinski definition) is 1. The van der Waals surface area contributed by atoms with Gasteiger partial charge in [-0.25, -0.2) is 9.97 Å². The van der Waals surface area contributed by atoms with Crippen molar-refractivity contribution in [3.05, 3.63) is 52.1 Å². The minimum atomic E-state index is 0.0276. The van der Waals surface area contributed by atoms with E-state index >= 15 is 0 Å². The highest BCUT2D eigenvalue weighted by molar-refractivity contribution is 6.32. The van der Waals surface area contributed by atoms with E-state index in [0.717, 1.165) is 53.1 Å². The van der Waals surface area contributed by atoms with Crippen LogP contribution in [0, 0.1) is 20.8 Å². The van der Waals surface area contributed by atoms with Crippen molar-refractivity contribution < 1.29 is 9.53 Å². The summed E-state index contributed by atoms with van der Waals surface area (Å²) >= 11 is 6.11. The van der Waals surface area contributed by atoms with Crippen molar-refractivity contribution in [3.8, 4) is 5.75 Å². The Hall–Kier alpha value is -3.26. The highest BCUT2D eigenvalue weighted by atomic mass is 35.5. The molecule has 0 atom stereocenters. The van der Waals surface area contributed by atoms with E-state index in [9.17, 15) is 4.79 Å². The summed E-state index contributed by atoms with van der Waals surface area (Å²) in [5.74, 6) is 2.22. The molecule has 1 N–H and O–H groups in total. The maximum atomic E-state index is 12.4. The molecule has 172 valence electrons. The predicted octanol–water partition coefficient (Wildman–Crippen LogP) is 5.11. The Morgan fingerprint density at radius 1 is 1.06 bits per heavy atom. The lowest BCUT2D eigenvalue weighted by Crippen LogP contribution is -2.08. The van der Waals surface area contributed by atoms with Crippen LogP contribution >= 0.6 is 11.6 Å². The van der Waals surface area contributed by atoms with Crippen molar-refractivity contribution in [1.29, 1.82) is 0 Å². The molecule has 3 aromatic heterocycles. The molecular formula is C24H27ClN6O2. The number of Topliss-reactive ketones (excluding diaryl/α,β-unsaturated/α-hetero) is 1. The maximum absolute atomic E-state index is 12.4. The first-order valence-electron chi connectivity index (χ1n) is 11.0. The third-order valence-electron chi connectivity index (χ3n) is 5.67. The minimum absolute atomic E-state index is 0.0276. The zero-order valence-electron chi connectivity index (χ0n) is 19.3. The van der Waals surface area contributed by atoms with E-state index in [2.05, 4.69) is 20.5 Å². The molecule has 9 heteroatoms. The number of halogens is 1. The van der Waals surface area contributed by atoms with Gasteiger partial charge in [-0.2, -0.15) is 0 Å². The smallest absolute Gasteiger partial charge is 0.204 e. The number of rotatable bonds is 9. The highest BCUT2D eigenvalue weighted by Gasteiger charge is 2.17. The molecule has 0 unspecified atom stereocenters. The first kappa shape index (κ1) is 22.9. The molecule has 0 saturated heterocycles. The normalized spacial score (nSPS) is 11.3. The van der Waals surface area contributed by atoms with Gasteiger partial charge in [0.25, 0.3) is 0 Å². The second kappa shape index (κ2) is 9.70. The number of ketones is 1. The van der Waals surface area contributed by atoms with Crippen molar-refractivity contribution in [1.82, 2.24) is 24.6 Å². The summed E-state index contributed by atoms with van der Waals surface area (Å²) in [7, 11) is 1.65. The number of unbranched alkanes of at least 4 members (excludes halogenated alkanes) is 2. The number of aryl methyl sites for hydroxylation is 3. The summed E-state index contributed by atoms with van der Waals surface area (Å²) < 4.78 is 7.61. The number of pyridine rings is 1. The lowest BCUT2D eigenvalue weighted by Gasteiger charge is -2.13. The van der Waals surface area contributed by atoms with Crippen molar-refractivity contribution in [2.75, 3.05) is 19.0 Å². The fourth-order valence-corrected chi connectivity index (χ4v) is 4.26. The third-order valence-corrected chi connectivity index (χ3v) is 5.96. The molecule has 4 rings (SSSR count). The topological polar surface area (TPSA) is 94.3 Å². The number of carbonyl (C=O) groups is 1. The monoisotopic (exact) mass is 466 g/mol. The number of nitrogens with one attached hydrogen (secondary N) is 1. The highest BCUT2D eigenvalue weighted by Crippen LogP contribution is 2.31. The van der Waals surface area contributed by atoms with Gasteiger partial charge in [-0.15, -0.1) is 10.2 Å². The zero-order valence-corrected chi connectivity index (χ0v) is 20.0. The summed E-state index contributed by atoms with van der Waals surface area (Å²) in [5.41, 5.74) is 4.67. The number of hydrogen-bond acceptors (Lipinski definition) is 7. The number of carbonyl (C=O) groups excluding carboxylic acids is 1. The van der Waals surface area contributed by atoms with Gasteiger partial charge < -0.3 is 10.1 Å². The van der Waals surface area contributed by atoms with E-state index in [0.29, 0.717) is 30.0 Å². The maximum Gasteiger partial charge on any atom is 0.204 e. The van der Waals surface area contributed by atoms with Crippen molar-refractivity contribution in [2.45, 2.75) is 46.5 Å². The molecule has 33 heavy (non-hydrogen) atoms. The number of anilines is 1. The molecular weight excluding hydrogens is 440 g/mol. The van der Waals surface area contributed by atoms with Gasteiger partial charge in [-0.1, -0.05) is 24.1 Å². The molecule has 0 bridgehead atoms. The standard InChI is InChI=1S/C24H27ClN6O2/c1-14-9-12-18-20(21(14)33-4)28-23(24-30-29-16(3)31(18)24)26-13-7-5-6-8-19(32)17-11-10-15(2)27-22(17)25/h9-12H,5-8,13H2,1-4H3,(H,26,28). The van der Waals surface area contributed by atoms with Crippen molar-refractivity contribution in [3.63, 3.8) is 0 Å². The largest absolute Gasteiger partial charge is 0.494 e. The predicted molar refractivity (Wildman–Crippen MR) is 130 cm³/mol. The van der Waals surface area contributed by atoms with Crippen LogP contribution in [0.3, 0.4) is 0 Å². The molecule has 0 fully saturated rings. The van der Waals surface area contributed by atoms with Crippen LogP contribution in [0.15, 0.2) is 24.3 Å². The molecule has 0 aliphatic heterocycles. The first-order valence-corrected chi connectivity index (χ1v) is 11.4. The number of fused-ring (bicyclic) bond motifs is 3. The molecule has 0 amide bonds. The van der Waals surface area contributed by atoms with Gasteiger partial charge in [0.1, 0.15) is 22.2 Å². The summed E-state index contributed by atoms with van der Waals surface area (Å²) in [6.45, 7) is 6.47. The lowest BCUT2D eigenvalue weighted by atomic mass is 10.1. The van der Waals surface area contributed by atoms with Gasteiger partial charge >= 0.3 is 0 Å². The summed E-state index contributed by atoms with van der Waals surface area (Å²) in [5, 5.41) is 12.2. The Bertz CT molecular complexity index is 1330. The molecule has 0 radical (unpaired) electrons. The van der Waals surface area contributed by atoms with Gasteiger partial charge in [0, 0.05) is 18.7 Å². The number of nitrogens with zero attached hydrogens (tertiary/aromatic N) is 5. The van der Waals surface area contributed by atoms with Gasteiger partial charge in [0.2, 0.25) is 5.65 Å². The number of methoxy groups -OCH3 is 1. The van der Waals surface area contributed by atoms with E-state index in [-0.39, 0.29) is 10.9 Å². The fraction of sp³-hybridized carbons (Fsp3) is 0.375. The SMILES string of the molecule is COc1c(C)ccc2c1nc(NCCCCCC(=O)c1ccc(C)nc1Cl)c1nnc(C)n12. The van der Waals surface area contributed by atoms with Crippen molar-refractivity contribution >= 4 is 39.9 Å². The molecule has 0 aliphatic carbocycles. The van der Waals surface area contributed by atoms with Crippen LogP contribution in [0.25, 0.3) is 16.7 Å². The number of benzene rings is 1. The van der Waals surface area contributed by atoms with Gasteiger partial charge in [0.15, 0.2) is 11.6 Å². The zero-order chi connectivity index (χ0) is 23.5. The molecule has 4 aromatic rings. The Labute approximate surface area is 197 Å². The Kier molecular flexibility index (Phi) is 6.74. The summed E-state index contributed by atoms with van der Waals surface area (Å²) in [4.78, 5) is 21.4. The second-order valence-corrected chi connectivity index (χ2v) is 8.46. The van der Waals surface area contributed by atoms with E-state index in [4.69, 9.17) is 21.3 Å². The van der Waals surface area contributed by atoms with Crippen LogP contribution in [0.5, 0.6) is 5.75 Å². The van der Waals surface area contributed by atoms with E-state index in [1.807, 2.05) is 43.4 Å². The molecule has 3 heterocycles. The van der Waals surface area contributed by atoms with Gasteiger partial charge in [-0.05, 0) is 57.4 Å². The average molecular weight is 467 g/mol. The van der Waals surface area contributed by atoms with E-state index in [1.165, 1.54) is 0 Å². The van der Waals surface area contributed by atoms with Crippen LogP contribution in [0.4, 0.5) is 5.82 Å². The fourth-order valence-electron chi connectivity index (χ4n) is 3.95. The van der Waals surface area contributed by atoms with Crippen LogP contribution < -0.4 is 10.1 Å². The van der Waals surface area contributed by atoms with Gasteiger partial charge in [-0.3, -0.25) is 9.20 Å². The molecule has 0 spiro atoms. The quantitative estimate of drug-likeness (QED) is 0.208. The average Bonchev–Trinajstić information content (AvgIpc) is 3.17. The molecule has 8 nitrogen and oxygen atoms in total. The Balaban J connectivity index is 1.40. The van der Waals surface area contributed by atoms with Crippen LogP contribution in [0.2, 0.25) is 5.15 Å². The van der Waals surface area contributed by atoms with E-state index < -0.39 is 0 Å². The minimum Gasteiger partial charge on any atom is -0.494 e. The summed E-state index contributed by atoms with van der Waals surface area (Å²) in [6.07, 6.45) is 3.01. The summed E-state index contributed by atoms with van der Waals surface area (Å²) in [6, 6.07) is 7.58. The Morgan fingerprint density at radius 3 is 2.64 bits per heavy atom. The van der Waals surface area contributed by atoms with Crippen molar-refractivity contribution in [2.24, 2.45) is 0 Å². The van der Waals surface area contributed by atoms with Gasteiger partial charge in [0.05, 0.1) is 18.2 Å².